The maximum Gasteiger partial charge on any atom is 0.408 e. The van der Waals surface area contributed by atoms with E-state index in [0.717, 1.165) is 0 Å². The highest BCUT2D eigenvalue weighted by atomic mass is 16.6. The molecule has 0 unspecified atom stereocenters. The second kappa shape index (κ2) is 19.8. The summed E-state index contributed by atoms with van der Waals surface area (Å²) in [5, 5.41) is 2.66. The minimum Gasteiger partial charge on any atom is -0.487 e. The van der Waals surface area contributed by atoms with Crippen LogP contribution in [-0.4, -0.2) is 110 Å². The van der Waals surface area contributed by atoms with E-state index in [1.807, 2.05) is 24.3 Å². The van der Waals surface area contributed by atoms with Gasteiger partial charge in [0, 0.05) is 6.42 Å². The molecule has 0 bridgehead atoms. The zero-order chi connectivity index (χ0) is 34.0. The van der Waals surface area contributed by atoms with Crippen LogP contribution in [-0.2, 0) is 39.6 Å². The summed E-state index contributed by atoms with van der Waals surface area (Å²) >= 11 is 0. The summed E-state index contributed by atoms with van der Waals surface area (Å²) in [5.74, 6) is 1.60. The fraction of sp³-hybridized carbons (Fsp3) is 0.588. The van der Waals surface area contributed by atoms with Gasteiger partial charge in [-0.1, -0.05) is 18.2 Å². The standard InChI is InChI=1S/C34H49NO12/c1-33(2,3)47-32(37)35-34(4,31(36)38-5)25-26-10-11-29-30(24-26)46-23-19-42-15-14-40-17-21-44-28-9-7-6-8-27(28)43-20-16-39-12-13-41-18-22-45-29/h6-11,24H,12-23,25H2,1-5H3,(H,35,37)/t34-/m0/s1. The predicted octanol–water partition coefficient (Wildman–Crippen LogP) is 3.98. The minimum absolute atomic E-state index is 0.104. The molecular weight excluding hydrogens is 614 g/mol. The first-order valence-corrected chi connectivity index (χ1v) is 15.7. The molecule has 13 heteroatoms. The van der Waals surface area contributed by atoms with Gasteiger partial charge in [-0.15, -0.1) is 0 Å². The average Bonchev–Trinajstić information content (AvgIpc) is 3.02. The first-order chi connectivity index (χ1) is 22.6. The van der Waals surface area contributed by atoms with Crippen LogP contribution in [0.4, 0.5) is 4.79 Å². The lowest BCUT2D eigenvalue weighted by atomic mass is 9.92. The molecule has 1 heterocycles. The summed E-state index contributed by atoms with van der Waals surface area (Å²) in [7, 11) is 1.26. The normalized spacial score (nSPS) is 17.6. The highest BCUT2D eigenvalue weighted by Gasteiger charge is 2.38. The van der Waals surface area contributed by atoms with Crippen molar-refractivity contribution in [3.8, 4) is 23.0 Å². The van der Waals surface area contributed by atoms with Crippen LogP contribution in [0.3, 0.4) is 0 Å². The van der Waals surface area contributed by atoms with Gasteiger partial charge in [0.25, 0.3) is 0 Å². The first kappa shape index (κ1) is 37.7. The fourth-order valence-electron chi connectivity index (χ4n) is 4.40. The highest BCUT2D eigenvalue weighted by Crippen LogP contribution is 2.31. The minimum atomic E-state index is -1.41. The molecule has 0 aliphatic carbocycles. The number of alkyl carbamates (subject to hydrolysis) is 1. The van der Waals surface area contributed by atoms with Crippen molar-refractivity contribution in [2.24, 2.45) is 0 Å². The maximum atomic E-state index is 12.8. The van der Waals surface area contributed by atoms with Crippen LogP contribution in [0.15, 0.2) is 42.5 Å². The Morgan fingerprint density at radius 1 is 0.638 bits per heavy atom. The second-order valence-corrected chi connectivity index (χ2v) is 11.7. The van der Waals surface area contributed by atoms with Gasteiger partial charge in [0.1, 0.15) is 37.6 Å². The summed E-state index contributed by atoms with van der Waals surface area (Å²) in [6, 6.07) is 12.8. The van der Waals surface area contributed by atoms with Crippen molar-refractivity contribution in [3.63, 3.8) is 0 Å². The Morgan fingerprint density at radius 3 is 1.51 bits per heavy atom. The molecule has 0 saturated heterocycles. The van der Waals surface area contributed by atoms with Gasteiger partial charge in [0.05, 0.1) is 60.0 Å². The Labute approximate surface area is 277 Å². The number of esters is 1. The number of ether oxygens (including phenoxy) is 10. The number of benzene rings is 2. The van der Waals surface area contributed by atoms with E-state index in [4.69, 9.17) is 47.4 Å². The largest absolute Gasteiger partial charge is 0.487 e. The summed E-state index contributed by atoms with van der Waals surface area (Å²) in [6.07, 6.45) is -0.630. The van der Waals surface area contributed by atoms with Crippen LogP contribution in [0.1, 0.15) is 33.3 Å². The molecule has 1 atom stereocenters. The van der Waals surface area contributed by atoms with Gasteiger partial charge >= 0.3 is 12.1 Å². The molecule has 0 fully saturated rings. The molecule has 13 nitrogen and oxygen atoms in total. The third kappa shape index (κ3) is 14.3. The van der Waals surface area contributed by atoms with Crippen molar-refractivity contribution in [2.75, 3.05) is 86.4 Å². The topological polar surface area (TPSA) is 138 Å². The van der Waals surface area contributed by atoms with Crippen molar-refractivity contribution < 1.29 is 57.0 Å². The van der Waals surface area contributed by atoms with Crippen LogP contribution in [0, 0.1) is 0 Å². The van der Waals surface area contributed by atoms with Crippen LogP contribution in [0.25, 0.3) is 0 Å². The molecule has 0 aromatic heterocycles. The number of hydrogen-bond acceptors (Lipinski definition) is 12. The Balaban J connectivity index is 1.62. The number of hydrogen-bond donors (Lipinski definition) is 1. The lowest BCUT2D eigenvalue weighted by Gasteiger charge is -2.30. The zero-order valence-electron chi connectivity index (χ0n) is 28.1. The molecule has 0 saturated carbocycles. The number of fused-ring (bicyclic) bond motifs is 2. The van der Waals surface area contributed by atoms with E-state index < -0.39 is 23.2 Å². The van der Waals surface area contributed by atoms with E-state index in [2.05, 4.69) is 5.32 Å². The smallest absolute Gasteiger partial charge is 0.408 e. The summed E-state index contributed by atoms with van der Waals surface area (Å²) in [4.78, 5) is 25.4. The number of nitrogens with one attached hydrogen (secondary N) is 1. The first-order valence-electron chi connectivity index (χ1n) is 15.7. The molecular formula is C34H49NO12. The van der Waals surface area contributed by atoms with Crippen molar-refractivity contribution in [1.29, 1.82) is 0 Å². The van der Waals surface area contributed by atoms with Gasteiger partial charge in [0.15, 0.2) is 23.0 Å². The second-order valence-electron chi connectivity index (χ2n) is 11.7. The monoisotopic (exact) mass is 663 g/mol. The number of para-hydroxylation sites is 2. The molecule has 1 amide bonds. The maximum absolute atomic E-state index is 12.8. The van der Waals surface area contributed by atoms with Gasteiger partial charge in [-0.05, 0) is 57.5 Å². The zero-order valence-corrected chi connectivity index (χ0v) is 28.1. The number of carbonyl (C=O) groups is 2. The van der Waals surface area contributed by atoms with Crippen molar-refractivity contribution in [2.45, 2.75) is 45.3 Å². The van der Waals surface area contributed by atoms with E-state index >= 15 is 0 Å². The average molecular weight is 664 g/mol. The van der Waals surface area contributed by atoms with Crippen LogP contribution < -0.4 is 24.3 Å². The molecule has 3 rings (SSSR count). The van der Waals surface area contributed by atoms with E-state index in [1.54, 1.807) is 45.9 Å². The van der Waals surface area contributed by atoms with Gasteiger partial charge in [0.2, 0.25) is 0 Å². The van der Waals surface area contributed by atoms with Crippen LogP contribution >= 0.6 is 0 Å². The number of amides is 1. The molecule has 2 aromatic carbocycles. The fourth-order valence-corrected chi connectivity index (χ4v) is 4.40. The number of methoxy groups -OCH3 is 1. The Hall–Kier alpha value is -3.78. The van der Waals surface area contributed by atoms with E-state index in [9.17, 15) is 9.59 Å². The lowest BCUT2D eigenvalue weighted by molar-refractivity contribution is -0.147. The Kier molecular flexibility index (Phi) is 15.9. The summed E-state index contributed by atoms with van der Waals surface area (Å²) in [6.45, 7) is 11.0. The van der Waals surface area contributed by atoms with Crippen molar-refractivity contribution in [1.82, 2.24) is 5.32 Å². The van der Waals surface area contributed by atoms with E-state index in [-0.39, 0.29) is 19.6 Å². The molecule has 1 N–H and O–H groups in total. The molecule has 262 valence electrons. The highest BCUT2D eigenvalue weighted by molar-refractivity contribution is 5.85. The molecule has 0 spiro atoms. The number of carbonyl (C=O) groups excluding carboxylic acids is 2. The van der Waals surface area contributed by atoms with Gasteiger partial charge in [-0.2, -0.15) is 0 Å². The third-order valence-corrected chi connectivity index (χ3v) is 6.51. The molecule has 0 radical (unpaired) electrons. The number of rotatable bonds is 4. The molecule has 2 aromatic rings. The van der Waals surface area contributed by atoms with Crippen LogP contribution in [0.2, 0.25) is 0 Å². The molecule has 47 heavy (non-hydrogen) atoms. The predicted molar refractivity (Wildman–Crippen MR) is 172 cm³/mol. The van der Waals surface area contributed by atoms with Gasteiger partial charge < -0.3 is 52.7 Å². The SMILES string of the molecule is COC(=O)[C@](C)(Cc1ccc2c(c1)OCCOCCOCCOc1ccccc1OCCOCCOCCO2)NC(=O)OC(C)(C)C. The van der Waals surface area contributed by atoms with Crippen molar-refractivity contribution >= 4 is 12.1 Å². The Morgan fingerprint density at radius 2 is 1.06 bits per heavy atom. The van der Waals surface area contributed by atoms with Gasteiger partial charge in [-0.25, -0.2) is 9.59 Å². The summed E-state index contributed by atoms with van der Waals surface area (Å²) in [5.41, 5.74) is -1.45. The van der Waals surface area contributed by atoms with Crippen LogP contribution in [0.5, 0.6) is 23.0 Å². The van der Waals surface area contributed by atoms with E-state index in [0.29, 0.717) is 94.6 Å². The third-order valence-electron chi connectivity index (χ3n) is 6.51. The lowest BCUT2D eigenvalue weighted by Crippen LogP contribution is -2.55. The van der Waals surface area contributed by atoms with Crippen molar-refractivity contribution in [3.05, 3.63) is 48.0 Å². The van der Waals surface area contributed by atoms with Gasteiger partial charge in [-0.3, -0.25) is 0 Å². The Bertz CT molecular complexity index is 1230. The summed E-state index contributed by atoms with van der Waals surface area (Å²) < 4.78 is 56.6. The molecule has 1 aliphatic rings. The quantitative estimate of drug-likeness (QED) is 0.474. The molecule has 1 aliphatic heterocycles. The van der Waals surface area contributed by atoms with E-state index in [1.165, 1.54) is 7.11 Å².